The van der Waals surface area contributed by atoms with E-state index in [1.54, 1.807) is 0 Å². The molecule has 34 heavy (non-hydrogen) atoms. The van der Waals surface area contributed by atoms with Gasteiger partial charge in [0.2, 0.25) is 0 Å². The SMILES string of the molecule is CC1/C=C\C2C(C/C=C(/c3ccccc3)SC1)C1C#CC=CC1N2C1C=Cc2ccccc2C1. The maximum atomic E-state index is 3.65. The first-order valence-electron chi connectivity index (χ1n) is 12.6. The van der Waals surface area contributed by atoms with Crippen molar-refractivity contribution in [3.05, 3.63) is 108 Å². The summed E-state index contributed by atoms with van der Waals surface area (Å²) in [6.45, 7) is 2.35. The van der Waals surface area contributed by atoms with Gasteiger partial charge in [-0.15, -0.1) is 11.8 Å². The Labute approximate surface area is 208 Å². The third kappa shape index (κ3) is 4.13. The summed E-state index contributed by atoms with van der Waals surface area (Å²) in [4.78, 5) is 4.20. The van der Waals surface area contributed by atoms with Crippen molar-refractivity contribution in [3.8, 4) is 11.8 Å². The standard InChI is InChI=1S/C32H31NS/c1-23-15-19-31-29(18-20-32(34-22-23)25-10-3-2-4-11-25)28-13-7-8-14-30(28)33(31)27-17-16-24-9-5-6-12-26(24)21-27/h2-6,8-12,14-17,19-20,23,27-31H,18,21-22H2,1H3/b19-15-,32-20-. The monoisotopic (exact) mass is 461 g/mol. The molecule has 4 aliphatic rings. The Hall–Kier alpha value is -2.73. The van der Waals surface area contributed by atoms with Crippen LogP contribution in [0.4, 0.5) is 0 Å². The molecule has 6 rings (SSSR count). The first-order chi connectivity index (χ1) is 16.8. The van der Waals surface area contributed by atoms with Crippen LogP contribution in [0.25, 0.3) is 11.0 Å². The molecule has 0 N–H and O–H groups in total. The number of likely N-dealkylation sites (tertiary alicyclic amines) is 1. The molecule has 6 unspecified atom stereocenters. The van der Waals surface area contributed by atoms with Crippen molar-refractivity contribution < 1.29 is 0 Å². The van der Waals surface area contributed by atoms with Crippen LogP contribution >= 0.6 is 11.8 Å². The van der Waals surface area contributed by atoms with Crippen molar-refractivity contribution in [2.45, 2.75) is 37.9 Å². The van der Waals surface area contributed by atoms with Gasteiger partial charge in [-0.25, -0.2) is 0 Å². The minimum Gasteiger partial charge on any atom is -0.282 e. The van der Waals surface area contributed by atoms with Crippen molar-refractivity contribution in [2.24, 2.45) is 17.8 Å². The second-order valence-corrected chi connectivity index (χ2v) is 11.0. The van der Waals surface area contributed by atoms with E-state index in [-0.39, 0.29) is 0 Å². The fourth-order valence-corrected chi connectivity index (χ4v) is 7.10. The van der Waals surface area contributed by atoms with E-state index in [4.69, 9.17) is 0 Å². The van der Waals surface area contributed by atoms with Crippen LogP contribution in [0, 0.1) is 29.6 Å². The van der Waals surface area contributed by atoms with Gasteiger partial charge in [-0.1, -0.05) is 110 Å². The van der Waals surface area contributed by atoms with Crippen molar-refractivity contribution in [3.63, 3.8) is 0 Å². The van der Waals surface area contributed by atoms with E-state index in [1.165, 1.54) is 21.6 Å². The minimum atomic E-state index is 0.373. The normalized spacial score (nSPS) is 34.6. The lowest BCUT2D eigenvalue weighted by Crippen LogP contribution is -2.45. The first-order valence-corrected chi connectivity index (χ1v) is 13.5. The first kappa shape index (κ1) is 21.8. The predicted molar refractivity (Wildman–Crippen MR) is 146 cm³/mol. The molecular formula is C32H31NS. The maximum absolute atomic E-state index is 3.65. The maximum Gasteiger partial charge on any atom is 0.0447 e. The average molecular weight is 462 g/mol. The number of fused-ring (bicyclic) bond motifs is 4. The molecule has 0 radical (unpaired) electrons. The van der Waals surface area contributed by atoms with Gasteiger partial charge in [-0.2, -0.15) is 0 Å². The highest BCUT2D eigenvalue weighted by Gasteiger charge is 2.48. The average Bonchev–Trinajstić information content (AvgIpc) is 3.21. The Balaban J connectivity index is 1.38. The summed E-state index contributed by atoms with van der Waals surface area (Å²) in [5.74, 6) is 9.47. The van der Waals surface area contributed by atoms with Crippen LogP contribution < -0.4 is 0 Å². The summed E-state index contributed by atoms with van der Waals surface area (Å²) in [5, 5.41) is 0. The van der Waals surface area contributed by atoms with E-state index in [2.05, 4.69) is 121 Å². The number of benzene rings is 2. The molecule has 1 saturated heterocycles. The molecule has 0 aromatic heterocycles. The van der Waals surface area contributed by atoms with Gasteiger partial charge in [0, 0.05) is 34.7 Å². The number of hydrogen-bond donors (Lipinski definition) is 0. The summed E-state index contributed by atoms with van der Waals surface area (Å²) >= 11 is 2.00. The van der Waals surface area contributed by atoms with Gasteiger partial charge in [-0.05, 0) is 47.4 Å². The van der Waals surface area contributed by atoms with Gasteiger partial charge < -0.3 is 0 Å². The molecule has 2 aromatic carbocycles. The zero-order valence-electron chi connectivity index (χ0n) is 19.7. The summed E-state index contributed by atoms with van der Waals surface area (Å²) in [6.07, 6.45) is 18.9. The minimum absolute atomic E-state index is 0.373. The van der Waals surface area contributed by atoms with Crippen LogP contribution in [0.1, 0.15) is 30.0 Å². The largest absolute Gasteiger partial charge is 0.282 e. The third-order valence-electron chi connectivity index (χ3n) is 7.72. The molecule has 0 bridgehead atoms. The van der Waals surface area contributed by atoms with Gasteiger partial charge in [0.25, 0.3) is 0 Å². The Kier molecular flexibility index (Phi) is 6.08. The van der Waals surface area contributed by atoms with Crippen molar-refractivity contribution in [1.29, 1.82) is 0 Å². The molecule has 0 amide bonds. The lowest BCUT2D eigenvalue weighted by atomic mass is 9.83. The fraction of sp³-hybridized carbons (Fsp3) is 0.312. The summed E-state index contributed by atoms with van der Waals surface area (Å²) in [5.41, 5.74) is 4.17. The van der Waals surface area contributed by atoms with E-state index in [0.29, 0.717) is 35.9 Å². The van der Waals surface area contributed by atoms with Crippen molar-refractivity contribution >= 4 is 22.7 Å². The van der Waals surface area contributed by atoms with Crippen LogP contribution in [0.15, 0.2) is 91.1 Å². The Morgan fingerprint density at radius 2 is 1.76 bits per heavy atom. The molecular weight excluding hydrogens is 430 g/mol. The molecule has 2 heterocycles. The molecule has 2 aliphatic carbocycles. The smallest absolute Gasteiger partial charge is 0.0447 e. The highest BCUT2D eigenvalue weighted by atomic mass is 32.2. The van der Waals surface area contributed by atoms with Gasteiger partial charge in [-0.3, -0.25) is 4.90 Å². The molecule has 0 saturated carbocycles. The lowest BCUT2D eigenvalue weighted by Gasteiger charge is -2.37. The van der Waals surface area contributed by atoms with E-state index < -0.39 is 0 Å². The van der Waals surface area contributed by atoms with E-state index in [1.807, 2.05) is 11.8 Å². The number of hydrogen-bond acceptors (Lipinski definition) is 2. The Bertz CT molecular complexity index is 1220. The van der Waals surface area contributed by atoms with Crippen LogP contribution in [-0.4, -0.2) is 28.8 Å². The number of allylic oxidation sites excluding steroid dienone is 3. The zero-order chi connectivity index (χ0) is 22.9. The predicted octanol–water partition coefficient (Wildman–Crippen LogP) is 6.85. The molecule has 1 fully saturated rings. The quantitative estimate of drug-likeness (QED) is 0.355. The van der Waals surface area contributed by atoms with E-state index in [0.717, 1.165) is 18.6 Å². The van der Waals surface area contributed by atoms with Gasteiger partial charge in [0.05, 0.1) is 0 Å². The van der Waals surface area contributed by atoms with E-state index in [9.17, 15) is 0 Å². The second kappa shape index (κ2) is 9.49. The fourth-order valence-electron chi connectivity index (χ4n) is 6.03. The summed E-state index contributed by atoms with van der Waals surface area (Å²) in [7, 11) is 0. The molecule has 170 valence electrons. The molecule has 2 aromatic rings. The van der Waals surface area contributed by atoms with Crippen molar-refractivity contribution in [1.82, 2.24) is 4.90 Å². The molecule has 0 spiro atoms. The van der Waals surface area contributed by atoms with Crippen LogP contribution in [0.5, 0.6) is 0 Å². The lowest BCUT2D eigenvalue weighted by molar-refractivity contribution is 0.188. The highest BCUT2D eigenvalue weighted by molar-refractivity contribution is 8.08. The molecule has 2 aliphatic heterocycles. The zero-order valence-corrected chi connectivity index (χ0v) is 20.5. The number of nitrogens with zero attached hydrogens (tertiary/aromatic N) is 1. The summed E-state index contributed by atoms with van der Waals surface area (Å²) in [6, 6.07) is 20.9. The second-order valence-electron chi connectivity index (χ2n) is 9.94. The number of thioether (sulfide) groups is 1. The van der Waals surface area contributed by atoms with E-state index >= 15 is 0 Å². The highest BCUT2D eigenvalue weighted by Crippen LogP contribution is 2.44. The molecule has 2 heteroatoms. The van der Waals surface area contributed by atoms with Crippen LogP contribution in [0.2, 0.25) is 0 Å². The van der Waals surface area contributed by atoms with Gasteiger partial charge in [0.1, 0.15) is 0 Å². The molecule has 1 nitrogen and oxygen atoms in total. The van der Waals surface area contributed by atoms with Crippen molar-refractivity contribution in [2.75, 3.05) is 5.75 Å². The van der Waals surface area contributed by atoms with Gasteiger partial charge >= 0.3 is 0 Å². The molecule has 6 atom stereocenters. The van der Waals surface area contributed by atoms with Gasteiger partial charge in [0.15, 0.2) is 0 Å². The summed E-state index contributed by atoms with van der Waals surface area (Å²) < 4.78 is 0. The van der Waals surface area contributed by atoms with Crippen LogP contribution in [-0.2, 0) is 6.42 Å². The Morgan fingerprint density at radius 3 is 2.68 bits per heavy atom. The van der Waals surface area contributed by atoms with Crippen LogP contribution in [0.3, 0.4) is 0 Å². The third-order valence-corrected chi connectivity index (χ3v) is 9.13. The number of rotatable bonds is 2. The topological polar surface area (TPSA) is 3.24 Å². The Morgan fingerprint density at radius 1 is 0.912 bits per heavy atom.